The summed E-state index contributed by atoms with van der Waals surface area (Å²) in [5, 5.41) is 2.58. The van der Waals surface area contributed by atoms with Crippen LogP contribution in [0.2, 0.25) is 5.02 Å². The van der Waals surface area contributed by atoms with Crippen LogP contribution in [0.15, 0.2) is 12.3 Å². The number of hydrogen-bond donors (Lipinski definition) is 1. The number of anilines is 1. The minimum absolute atomic E-state index is 0.0189. The van der Waals surface area contributed by atoms with Crippen LogP contribution in [0, 0.1) is 5.92 Å². The van der Waals surface area contributed by atoms with Gasteiger partial charge >= 0.3 is 6.18 Å². The van der Waals surface area contributed by atoms with Gasteiger partial charge in [0.15, 0.2) is 0 Å². The molecule has 2 aliphatic heterocycles. The van der Waals surface area contributed by atoms with E-state index in [-0.39, 0.29) is 35.0 Å². The summed E-state index contributed by atoms with van der Waals surface area (Å²) >= 11 is 5.99. The van der Waals surface area contributed by atoms with Crippen molar-refractivity contribution in [2.45, 2.75) is 19.0 Å². The van der Waals surface area contributed by atoms with Crippen LogP contribution in [0.5, 0.6) is 0 Å². The van der Waals surface area contributed by atoms with E-state index in [2.05, 4.69) is 10.3 Å². The third-order valence-electron chi connectivity index (χ3n) is 5.34. The van der Waals surface area contributed by atoms with Crippen molar-refractivity contribution in [1.82, 2.24) is 14.6 Å². The van der Waals surface area contributed by atoms with Gasteiger partial charge in [0.2, 0.25) is 15.9 Å². The quantitative estimate of drug-likeness (QED) is 0.661. The van der Waals surface area contributed by atoms with E-state index in [1.807, 2.05) is 0 Å². The predicted molar refractivity (Wildman–Crippen MR) is 108 cm³/mol. The monoisotopic (exact) mass is 484 g/mol. The van der Waals surface area contributed by atoms with Gasteiger partial charge < -0.3 is 15.0 Å². The Labute approximate surface area is 183 Å². The Morgan fingerprint density at radius 3 is 2.45 bits per heavy atom. The highest BCUT2D eigenvalue weighted by molar-refractivity contribution is 7.89. The van der Waals surface area contributed by atoms with E-state index < -0.39 is 21.8 Å². The topological polar surface area (TPSA) is 91.8 Å². The number of carbonyl (C=O) groups excluding carboxylic acids is 1. The van der Waals surface area contributed by atoms with Gasteiger partial charge in [0.05, 0.1) is 29.6 Å². The summed E-state index contributed by atoms with van der Waals surface area (Å²) in [4.78, 5) is 18.0. The molecule has 0 atom stereocenters. The molecule has 3 heterocycles. The second kappa shape index (κ2) is 9.88. The van der Waals surface area contributed by atoms with Crippen LogP contribution in [-0.2, 0) is 25.7 Å². The number of nitrogens with one attached hydrogen (secondary N) is 1. The highest BCUT2D eigenvalue weighted by atomic mass is 35.5. The Kier molecular flexibility index (Phi) is 7.66. The molecule has 31 heavy (non-hydrogen) atoms. The number of rotatable bonds is 6. The molecule has 1 aromatic heterocycles. The smallest absolute Gasteiger partial charge is 0.379 e. The lowest BCUT2D eigenvalue weighted by atomic mass is 9.96. The van der Waals surface area contributed by atoms with Gasteiger partial charge in [-0.2, -0.15) is 17.5 Å². The number of morpholine rings is 1. The molecule has 0 unspecified atom stereocenters. The first-order valence-electron chi connectivity index (χ1n) is 9.89. The number of carbonyl (C=O) groups is 1. The van der Waals surface area contributed by atoms with Crippen LogP contribution >= 0.6 is 11.6 Å². The third-order valence-corrected chi connectivity index (χ3v) is 7.49. The number of sulfonamides is 1. The maximum atomic E-state index is 12.8. The molecule has 174 valence electrons. The largest absolute Gasteiger partial charge is 0.417 e. The summed E-state index contributed by atoms with van der Waals surface area (Å²) < 4.78 is 69.4. The van der Waals surface area contributed by atoms with Gasteiger partial charge in [0.1, 0.15) is 5.82 Å². The number of alkyl halides is 3. The molecule has 1 aromatic rings. The van der Waals surface area contributed by atoms with E-state index >= 15 is 0 Å². The number of amides is 1. The van der Waals surface area contributed by atoms with Crippen molar-refractivity contribution in [3.63, 3.8) is 0 Å². The molecule has 0 aliphatic carbocycles. The molecule has 3 rings (SSSR count). The van der Waals surface area contributed by atoms with Crippen molar-refractivity contribution in [1.29, 1.82) is 0 Å². The molecule has 1 amide bonds. The number of pyridine rings is 1. The highest BCUT2D eigenvalue weighted by Gasteiger charge is 2.33. The minimum atomic E-state index is -4.52. The van der Waals surface area contributed by atoms with Crippen molar-refractivity contribution >= 4 is 33.3 Å². The fraction of sp³-hybridized carbons (Fsp3) is 0.667. The SMILES string of the molecule is O=C(NCCS(=O)(=O)N1CCOCC1)C1CCN(c2ncc(C(F)(F)F)cc2Cl)CC1. The van der Waals surface area contributed by atoms with Crippen LogP contribution in [-0.4, -0.2) is 75.3 Å². The van der Waals surface area contributed by atoms with E-state index in [1.165, 1.54) is 4.31 Å². The second-order valence-corrected chi connectivity index (χ2v) is 9.90. The van der Waals surface area contributed by atoms with Gasteiger partial charge in [-0.15, -0.1) is 0 Å². The zero-order chi connectivity index (χ0) is 22.6. The van der Waals surface area contributed by atoms with E-state index in [9.17, 15) is 26.4 Å². The van der Waals surface area contributed by atoms with Gasteiger partial charge in [0, 0.05) is 44.8 Å². The lowest BCUT2D eigenvalue weighted by Gasteiger charge is -2.32. The van der Waals surface area contributed by atoms with Crippen molar-refractivity contribution in [2.75, 3.05) is 56.6 Å². The second-order valence-electron chi connectivity index (χ2n) is 7.41. The maximum Gasteiger partial charge on any atom is 0.417 e. The summed E-state index contributed by atoms with van der Waals surface area (Å²) in [7, 11) is -3.45. The molecule has 0 radical (unpaired) electrons. The molecular weight excluding hydrogens is 461 g/mol. The van der Waals surface area contributed by atoms with Gasteiger partial charge in [-0.05, 0) is 18.9 Å². The number of aromatic nitrogens is 1. The lowest BCUT2D eigenvalue weighted by Crippen LogP contribution is -2.45. The number of hydrogen-bond acceptors (Lipinski definition) is 6. The standard InChI is InChI=1S/C18H24ClF3N4O4S/c19-15-11-14(18(20,21)22)12-24-16(15)25-4-1-13(2-5-25)17(27)23-3-10-31(28,29)26-6-8-30-9-7-26/h11-13H,1-10H2,(H,23,27). The molecule has 2 fully saturated rings. The van der Waals surface area contributed by atoms with Crippen LogP contribution in [0.25, 0.3) is 0 Å². The Balaban J connectivity index is 1.46. The molecule has 13 heteroatoms. The van der Waals surface area contributed by atoms with Crippen LogP contribution in [0.1, 0.15) is 18.4 Å². The average molecular weight is 485 g/mol. The molecule has 0 aromatic carbocycles. The Morgan fingerprint density at radius 1 is 1.23 bits per heavy atom. The van der Waals surface area contributed by atoms with Crippen molar-refractivity contribution in [3.05, 3.63) is 22.8 Å². The Morgan fingerprint density at radius 2 is 1.87 bits per heavy atom. The summed E-state index contributed by atoms with van der Waals surface area (Å²) in [5.41, 5.74) is -0.914. The van der Waals surface area contributed by atoms with Gasteiger partial charge in [-0.25, -0.2) is 13.4 Å². The molecule has 2 aliphatic rings. The summed E-state index contributed by atoms with van der Waals surface area (Å²) in [5.74, 6) is -0.466. The van der Waals surface area contributed by atoms with Crippen molar-refractivity contribution < 1.29 is 31.1 Å². The predicted octanol–water partition coefficient (Wildman–Crippen LogP) is 1.75. The Hall–Kier alpha value is -1.63. The average Bonchev–Trinajstić information content (AvgIpc) is 2.73. The van der Waals surface area contributed by atoms with Crippen molar-refractivity contribution in [3.8, 4) is 0 Å². The Bertz CT molecular complexity index is 886. The summed E-state index contributed by atoms with van der Waals surface area (Å²) in [6, 6.07) is 0.845. The van der Waals surface area contributed by atoms with E-state index in [0.29, 0.717) is 52.2 Å². The first-order chi connectivity index (χ1) is 14.6. The molecule has 2 saturated heterocycles. The summed E-state index contributed by atoms with van der Waals surface area (Å²) in [6.07, 6.45) is -2.85. The molecule has 8 nitrogen and oxygen atoms in total. The van der Waals surface area contributed by atoms with Gasteiger partial charge in [-0.3, -0.25) is 4.79 Å². The van der Waals surface area contributed by atoms with E-state index in [1.54, 1.807) is 4.90 Å². The molecule has 0 spiro atoms. The minimum Gasteiger partial charge on any atom is -0.379 e. The maximum absolute atomic E-state index is 12.8. The first kappa shape index (κ1) is 24.0. The van der Waals surface area contributed by atoms with Gasteiger partial charge in [0.25, 0.3) is 0 Å². The number of ether oxygens (including phenoxy) is 1. The fourth-order valence-corrected chi connectivity index (χ4v) is 5.18. The van der Waals surface area contributed by atoms with E-state index in [0.717, 1.165) is 12.3 Å². The first-order valence-corrected chi connectivity index (χ1v) is 11.9. The van der Waals surface area contributed by atoms with Crippen LogP contribution < -0.4 is 10.2 Å². The zero-order valence-electron chi connectivity index (χ0n) is 16.7. The number of nitrogens with zero attached hydrogens (tertiary/aromatic N) is 3. The lowest BCUT2D eigenvalue weighted by molar-refractivity contribution is -0.137. The third kappa shape index (κ3) is 6.21. The number of piperidine rings is 1. The molecule has 0 saturated carbocycles. The fourth-order valence-electron chi connectivity index (χ4n) is 3.57. The van der Waals surface area contributed by atoms with E-state index in [4.69, 9.17) is 16.3 Å². The number of halogens is 4. The molecular formula is C18H24ClF3N4O4S. The molecule has 0 bridgehead atoms. The van der Waals surface area contributed by atoms with Gasteiger partial charge in [-0.1, -0.05) is 11.6 Å². The highest BCUT2D eigenvalue weighted by Crippen LogP contribution is 2.34. The zero-order valence-corrected chi connectivity index (χ0v) is 18.3. The van der Waals surface area contributed by atoms with Crippen LogP contribution in [0.3, 0.4) is 0 Å². The van der Waals surface area contributed by atoms with Crippen molar-refractivity contribution in [2.24, 2.45) is 5.92 Å². The normalized spacial score (nSPS) is 19.4. The summed E-state index contributed by atoms with van der Waals surface area (Å²) in [6.45, 7) is 2.18. The molecule has 1 N–H and O–H groups in total. The van der Waals surface area contributed by atoms with Crippen LogP contribution in [0.4, 0.5) is 19.0 Å².